The Labute approximate surface area is 189 Å². The van der Waals surface area contributed by atoms with Crippen molar-refractivity contribution < 1.29 is 13.9 Å². The molecule has 0 aliphatic carbocycles. The monoisotopic (exact) mass is 479 g/mol. The van der Waals surface area contributed by atoms with Crippen molar-refractivity contribution in [2.45, 2.75) is 20.1 Å². The molecule has 0 unspecified atom stereocenters. The Morgan fingerprint density at radius 3 is 2.45 bits per heavy atom. The third-order valence-electron chi connectivity index (χ3n) is 4.94. The van der Waals surface area contributed by atoms with Gasteiger partial charge < -0.3 is 14.8 Å². The number of rotatable bonds is 8. The van der Waals surface area contributed by atoms with Gasteiger partial charge in [0.05, 0.1) is 11.1 Å². The minimum Gasteiger partial charge on any atom is -0.490 e. The molecule has 0 aromatic heterocycles. The van der Waals surface area contributed by atoms with Crippen molar-refractivity contribution in [2.75, 3.05) is 11.9 Å². The van der Waals surface area contributed by atoms with Crippen molar-refractivity contribution >= 4 is 32.4 Å². The van der Waals surface area contributed by atoms with E-state index in [0.29, 0.717) is 31.3 Å². The van der Waals surface area contributed by atoms with Crippen molar-refractivity contribution in [3.63, 3.8) is 0 Å². The Morgan fingerprint density at radius 2 is 1.65 bits per heavy atom. The summed E-state index contributed by atoms with van der Waals surface area (Å²) < 4.78 is 25.8. The van der Waals surface area contributed by atoms with E-state index in [1.54, 1.807) is 12.1 Å². The average Bonchev–Trinajstić information content (AvgIpc) is 2.78. The largest absolute Gasteiger partial charge is 0.490 e. The molecule has 158 valence electrons. The summed E-state index contributed by atoms with van der Waals surface area (Å²) in [5.41, 5.74) is 3.04. The molecule has 3 nitrogen and oxygen atoms in total. The summed E-state index contributed by atoms with van der Waals surface area (Å²) in [5, 5.41) is 5.92. The molecule has 4 aromatic rings. The summed E-state index contributed by atoms with van der Waals surface area (Å²) in [7, 11) is 0. The lowest BCUT2D eigenvalue weighted by Gasteiger charge is -2.16. The highest BCUT2D eigenvalue weighted by molar-refractivity contribution is 9.10. The molecule has 0 aliphatic heterocycles. The molecule has 5 heteroatoms. The van der Waals surface area contributed by atoms with Crippen molar-refractivity contribution in [2.24, 2.45) is 0 Å². The van der Waals surface area contributed by atoms with Crippen LogP contribution in [0, 0.1) is 5.82 Å². The fourth-order valence-corrected chi connectivity index (χ4v) is 4.04. The summed E-state index contributed by atoms with van der Waals surface area (Å²) in [6, 6.07) is 24.9. The van der Waals surface area contributed by atoms with Crippen molar-refractivity contribution in [1.82, 2.24) is 0 Å². The lowest BCUT2D eigenvalue weighted by atomic mass is 10.1. The molecule has 4 aromatic carbocycles. The molecule has 0 saturated carbocycles. The summed E-state index contributed by atoms with van der Waals surface area (Å²) in [5.74, 6) is 1.05. The fourth-order valence-electron chi connectivity index (χ4n) is 3.44. The van der Waals surface area contributed by atoms with Crippen LogP contribution in [0.3, 0.4) is 0 Å². The van der Waals surface area contributed by atoms with Crippen LogP contribution in [-0.4, -0.2) is 6.61 Å². The first-order chi connectivity index (χ1) is 15.1. The molecule has 0 aliphatic rings. The summed E-state index contributed by atoms with van der Waals surface area (Å²) >= 11 is 3.63. The third kappa shape index (κ3) is 5.17. The molecule has 0 radical (unpaired) electrons. The van der Waals surface area contributed by atoms with E-state index in [1.807, 2.05) is 31.2 Å². The summed E-state index contributed by atoms with van der Waals surface area (Å²) in [6.45, 7) is 3.44. The van der Waals surface area contributed by atoms with Gasteiger partial charge in [0.1, 0.15) is 12.4 Å². The van der Waals surface area contributed by atoms with Crippen LogP contribution in [0.5, 0.6) is 11.5 Å². The molecule has 4 rings (SSSR count). The molecule has 0 spiro atoms. The van der Waals surface area contributed by atoms with E-state index in [1.165, 1.54) is 22.9 Å². The predicted octanol–water partition coefficient (Wildman–Crippen LogP) is 7.33. The van der Waals surface area contributed by atoms with E-state index in [4.69, 9.17) is 9.47 Å². The number of hydrogen-bond donors (Lipinski definition) is 1. The maximum absolute atomic E-state index is 13.1. The van der Waals surface area contributed by atoms with E-state index < -0.39 is 0 Å². The first kappa shape index (κ1) is 21.2. The van der Waals surface area contributed by atoms with Crippen molar-refractivity contribution in [1.29, 1.82) is 0 Å². The summed E-state index contributed by atoms with van der Waals surface area (Å²) in [4.78, 5) is 0. The number of nitrogens with one attached hydrogen (secondary N) is 1. The lowest BCUT2D eigenvalue weighted by Crippen LogP contribution is -2.04. The Morgan fingerprint density at radius 1 is 0.871 bits per heavy atom. The number of halogens is 2. The second kappa shape index (κ2) is 9.84. The average molecular weight is 480 g/mol. The van der Waals surface area contributed by atoms with Crippen molar-refractivity contribution in [3.05, 3.63) is 100 Å². The van der Waals surface area contributed by atoms with Gasteiger partial charge >= 0.3 is 0 Å². The van der Waals surface area contributed by atoms with Gasteiger partial charge in [-0.05, 0) is 69.7 Å². The van der Waals surface area contributed by atoms with Gasteiger partial charge in [-0.2, -0.15) is 0 Å². The van der Waals surface area contributed by atoms with E-state index in [9.17, 15) is 4.39 Å². The Balaban J connectivity index is 1.52. The highest BCUT2D eigenvalue weighted by Crippen LogP contribution is 2.38. The maximum Gasteiger partial charge on any atom is 0.175 e. The van der Waals surface area contributed by atoms with E-state index in [0.717, 1.165) is 21.3 Å². The van der Waals surface area contributed by atoms with Gasteiger partial charge in [-0.25, -0.2) is 4.39 Å². The standard InChI is InChI=1S/C26H23BrFNO2/c1-2-30-25-15-19(16-29-24-9-5-7-20-6-3-4-8-22(20)24)14-23(27)26(25)31-17-18-10-12-21(28)13-11-18/h3-15,29H,2,16-17H2,1H3. The Hall–Kier alpha value is -3.05. The number of anilines is 1. The zero-order chi connectivity index (χ0) is 21.6. The zero-order valence-electron chi connectivity index (χ0n) is 17.2. The third-order valence-corrected chi connectivity index (χ3v) is 5.53. The van der Waals surface area contributed by atoms with Crippen LogP contribution < -0.4 is 14.8 Å². The lowest BCUT2D eigenvalue weighted by molar-refractivity contribution is 0.267. The first-order valence-corrected chi connectivity index (χ1v) is 11.0. The molecule has 0 atom stereocenters. The molecule has 0 saturated heterocycles. The molecule has 0 heterocycles. The van der Waals surface area contributed by atoms with Gasteiger partial charge in [-0.3, -0.25) is 0 Å². The van der Waals surface area contributed by atoms with Crippen LogP contribution >= 0.6 is 15.9 Å². The minimum absolute atomic E-state index is 0.261. The van der Waals surface area contributed by atoms with Gasteiger partial charge in [0.2, 0.25) is 0 Å². The second-order valence-corrected chi connectivity index (χ2v) is 7.99. The number of hydrogen-bond acceptors (Lipinski definition) is 3. The van der Waals surface area contributed by atoms with Gasteiger partial charge in [0, 0.05) is 17.6 Å². The highest BCUT2D eigenvalue weighted by atomic mass is 79.9. The molecule has 1 N–H and O–H groups in total. The maximum atomic E-state index is 13.1. The molecule has 0 amide bonds. The van der Waals surface area contributed by atoms with Gasteiger partial charge in [-0.1, -0.05) is 48.5 Å². The van der Waals surface area contributed by atoms with E-state index >= 15 is 0 Å². The molecule has 0 fully saturated rings. The number of ether oxygens (including phenoxy) is 2. The minimum atomic E-state index is -0.261. The zero-order valence-corrected chi connectivity index (χ0v) is 18.8. The Kier molecular flexibility index (Phi) is 6.73. The first-order valence-electron chi connectivity index (χ1n) is 10.2. The van der Waals surface area contributed by atoms with Crippen LogP contribution in [0.1, 0.15) is 18.1 Å². The van der Waals surface area contributed by atoms with Crippen LogP contribution in [-0.2, 0) is 13.2 Å². The Bertz CT molecular complexity index is 1170. The van der Waals surface area contributed by atoms with Gasteiger partial charge in [-0.15, -0.1) is 0 Å². The molecular formula is C26H23BrFNO2. The number of fused-ring (bicyclic) bond motifs is 1. The van der Waals surface area contributed by atoms with Gasteiger partial charge in [0.15, 0.2) is 11.5 Å². The van der Waals surface area contributed by atoms with Crippen LogP contribution in [0.4, 0.5) is 10.1 Å². The molecule has 31 heavy (non-hydrogen) atoms. The number of benzene rings is 4. The predicted molar refractivity (Wildman–Crippen MR) is 127 cm³/mol. The van der Waals surface area contributed by atoms with Crippen LogP contribution in [0.15, 0.2) is 83.3 Å². The van der Waals surface area contributed by atoms with Crippen LogP contribution in [0.2, 0.25) is 0 Å². The van der Waals surface area contributed by atoms with E-state index in [-0.39, 0.29) is 5.82 Å². The topological polar surface area (TPSA) is 30.5 Å². The normalized spacial score (nSPS) is 10.8. The highest BCUT2D eigenvalue weighted by Gasteiger charge is 2.13. The smallest absolute Gasteiger partial charge is 0.175 e. The van der Waals surface area contributed by atoms with Gasteiger partial charge in [0.25, 0.3) is 0 Å². The fraction of sp³-hybridized carbons (Fsp3) is 0.154. The quantitative estimate of drug-likeness (QED) is 0.286. The van der Waals surface area contributed by atoms with Crippen molar-refractivity contribution in [3.8, 4) is 11.5 Å². The second-order valence-electron chi connectivity index (χ2n) is 7.13. The molecule has 0 bridgehead atoms. The van der Waals surface area contributed by atoms with E-state index in [2.05, 4.69) is 51.6 Å². The van der Waals surface area contributed by atoms with Crippen LogP contribution in [0.25, 0.3) is 10.8 Å². The molecular weight excluding hydrogens is 457 g/mol. The SMILES string of the molecule is CCOc1cc(CNc2cccc3ccccc23)cc(Br)c1OCc1ccc(F)cc1. The summed E-state index contributed by atoms with van der Waals surface area (Å²) in [6.07, 6.45) is 0.